The molecule has 0 fully saturated rings. The summed E-state index contributed by atoms with van der Waals surface area (Å²) < 4.78 is 0. The van der Waals surface area contributed by atoms with Crippen molar-refractivity contribution in [2.24, 2.45) is 0 Å². The van der Waals surface area contributed by atoms with E-state index in [4.69, 9.17) is 0 Å². The number of carboxylic acid groups (broad SMARTS) is 1. The molecule has 0 radical (unpaired) electrons. The van der Waals surface area contributed by atoms with Gasteiger partial charge in [0, 0.05) is 10.9 Å². The van der Waals surface area contributed by atoms with Gasteiger partial charge in [-0.3, -0.25) is 4.79 Å². The monoisotopic (exact) mass is 372 g/mol. The molecule has 0 aliphatic heterocycles. The van der Waals surface area contributed by atoms with Crippen LogP contribution in [0.5, 0.6) is 0 Å². The minimum absolute atomic E-state index is 0.489. The van der Waals surface area contributed by atoms with Crippen molar-refractivity contribution in [2.75, 3.05) is 0 Å². The number of carboxylic acids is 1. The summed E-state index contributed by atoms with van der Waals surface area (Å²) in [7, 11) is 0. The molecule has 0 bridgehead atoms. The van der Waals surface area contributed by atoms with Crippen LogP contribution in [0.4, 0.5) is 0 Å². The summed E-state index contributed by atoms with van der Waals surface area (Å²) in [5.74, 6) is -0.319. The number of aromatic nitrogens is 2. The van der Waals surface area contributed by atoms with Gasteiger partial charge in [-0.2, -0.15) is 0 Å². The summed E-state index contributed by atoms with van der Waals surface area (Å²) in [5, 5.41) is 12.6. The molecule has 1 atom stereocenters. The van der Waals surface area contributed by atoms with Crippen molar-refractivity contribution in [1.82, 2.24) is 9.97 Å². The minimum atomic E-state index is -0.808. The third-order valence-corrected chi connectivity index (χ3v) is 6.36. The first-order valence-electron chi connectivity index (χ1n) is 8.23. The summed E-state index contributed by atoms with van der Waals surface area (Å²) >= 11 is 2.87. The molecule has 4 nitrogen and oxygen atoms in total. The van der Waals surface area contributed by atoms with E-state index < -0.39 is 11.2 Å². The average Bonchev–Trinajstić information content (AvgIpc) is 3.04. The quantitative estimate of drug-likeness (QED) is 0.461. The van der Waals surface area contributed by atoms with Crippen molar-refractivity contribution in [3.63, 3.8) is 0 Å². The Morgan fingerprint density at radius 1 is 1.24 bits per heavy atom. The largest absolute Gasteiger partial charge is 0.480 e. The zero-order valence-electron chi connectivity index (χ0n) is 14.4. The Bertz CT molecular complexity index is 888. The molecule has 1 unspecified atom stereocenters. The second-order valence-corrected chi connectivity index (χ2v) is 8.19. The van der Waals surface area contributed by atoms with Crippen molar-refractivity contribution in [3.05, 3.63) is 41.5 Å². The first kappa shape index (κ1) is 17.9. The number of benzene rings is 1. The lowest BCUT2D eigenvalue weighted by Gasteiger charge is -2.11. The van der Waals surface area contributed by atoms with Crippen LogP contribution in [0, 0.1) is 0 Å². The van der Waals surface area contributed by atoms with Crippen molar-refractivity contribution < 1.29 is 9.90 Å². The number of aliphatic carboxylic acids is 1. The first-order valence-corrected chi connectivity index (χ1v) is 9.99. The van der Waals surface area contributed by atoms with Crippen LogP contribution >= 0.6 is 23.1 Å². The van der Waals surface area contributed by atoms with E-state index in [1.165, 1.54) is 23.7 Å². The molecule has 0 amide bonds. The highest BCUT2D eigenvalue weighted by atomic mass is 32.2. The molecule has 3 aromatic rings. The molecule has 0 saturated carbocycles. The van der Waals surface area contributed by atoms with Crippen LogP contribution in [0.2, 0.25) is 0 Å². The Labute approximate surface area is 155 Å². The Hall–Kier alpha value is -1.92. The normalized spacial score (nSPS) is 12.6. The van der Waals surface area contributed by atoms with E-state index in [0.29, 0.717) is 12.3 Å². The fourth-order valence-corrected chi connectivity index (χ4v) is 4.59. The summed E-state index contributed by atoms with van der Waals surface area (Å²) in [4.78, 5) is 21.0. The molecule has 0 spiro atoms. The van der Waals surface area contributed by atoms with E-state index in [2.05, 4.69) is 53.5 Å². The predicted molar refractivity (Wildman–Crippen MR) is 105 cm³/mol. The van der Waals surface area contributed by atoms with Crippen LogP contribution in [0.25, 0.3) is 21.3 Å². The minimum Gasteiger partial charge on any atom is -0.480 e. The van der Waals surface area contributed by atoms with Crippen LogP contribution < -0.4 is 0 Å². The van der Waals surface area contributed by atoms with Crippen LogP contribution in [0.1, 0.15) is 38.7 Å². The Balaban J connectivity index is 2.06. The van der Waals surface area contributed by atoms with Crippen LogP contribution in [0.15, 0.2) is 41.0 Å². The van der Waals surface area contributed by atoms with Crippen molar-refractivity contribution in [2.45, 2.75) is 43.4 Å². The molecule has 0 aliphatic rings. The van der Waals surface area contributed by atoms with Gasteiger partial charge in [0.1, 0.15) is 21.4 Å². The van der Waals surface area contributed by atoms with Crippen LogP contribution in [0.3, 0.4) is 0 Å². The molecule has 130 valence electrons. The molecule has 25 heavy (non-hydrogen) atoms. The third-order valence-electron chi connectivity index (χ3n) is 4.12. The molecule has 1 aromatic carbocycles. The molecule has 2 heterocycles. The van der Waals surface area contributed by atoms with Crippen molar-refractivity contribution >= 4 is 39.3 Å². The highest BCUT2D eigenvalue weighted by Gasteiger charge is 2.21. The van der Waals surface area contributed by atoms with Gasteiger partial charge in [-0.05, 0) is 23.5 Å². The number of rotatable bonds is 6. The summed E-state index contributed by atoms with van der Waals surface area (Å²) in [6.07, 6.45) is 2.06. The SMILES string of the molecule is CCC(Sc1ncnc2scc(-c3ccc(C(C)C)cc3)c12)C(=O)O. The maximum Gasteiger partial charge on any atom is 0.317 e. The number of thiophene rings is 1. The second kappa shape index (κ2) is 7.54. The maximum absolute atomic E-state index is 11.4. The smallest absolute Gasteiger partial charge is 0.317 e. The van der Waals surface area contributed by atoms with Gasteiger partial charge in [0.25, 0.3) is 0 Å². The number of nitrogens with zero attached hydrogens (tertiary/aromatic N) is 2. The number of hydrogen-bond acceptors (Lipinski definition) is 5. The molecule has 1 N–H and O–H groups in total. The van der Waals surface area contributed by atoms with Gasteiger partial charge in [-0.15, -0.1) is 11.3 Å². The number of hydrogen-bond donors (Lipinski definition) is 1. The van der Waals surface area contributed by atoms with Crippen molar-refractivity contribution in [1.29, 1.82) is 0 Å². The van der Waals surface area contributed by atoms with Gasteiger partial charge in [0.15, 0.2) is 0 Å². The maximum atomic E-state index is 11.4. The molecule has 3 rings (SSSR count). The highest BCUT2D eigenvalue weighted by molar-refractivity contribution is 8.00. The van der Waals surface area contributed by atoms with Gasteiger partial charge < -0.3 is 5.11 Å². The number of fused-ring (bicyclic) bond motifs is 1. The first-order chi connectivity index (χ1) is 12.0. The number of carbonyl (C=O) groups is 1. The van der Waals surface area contributed by atoms with E-state index in [1.54, 1.807) is 11.3 Å². The molecule has 0 aliphatic carbocycles. The average molecular weight is 373 g/mol. The van der Waals surface area contributed by atoms with E-state index in [-0.39, 0.29) is 0 Å². The van der Waals surface area contributed by atoms with Gasteiger partial charge in [-0.1, -0.05) is 56.8 Å². The van der Waals surface area contributed by atoms with Gasteiger partial charge >= 0.3 is 5.97 Å². The number of thioether (sulfide) groups is 1. The topological polar surface area (TPSA) is 63.1 Å². The zero-order chi connectivity index (χ0) is 18.0. The van der Waals surface area contributed by atoms with Gasteiger partial charge in [-0.25, -0.2) is 9.97 Å². The van der Waals surface area contributed by atoms with Gasteiger partial charge in [0.05, 0.1) is 5.39 Å². The Morgan fingerprint density at radius 2 is 1.96 bits per heavy atom. The van der Waals surface area contributed by atoms with Crippen LogP contribution in [-0.4, -0.2) is 26.3 Å². The third kappa shape index (κ3) is 3.70. The fraction of sp³-hybridized carbons (Fsp3) is 0.316. The van der Waals surface area contributed by atoms with Gasteiger partial charge in [0.2, 0.25) is 0 Å². The molecular formula is C19H20N2O2S2. The fourth-order valence-electron chi connectivity index (χ4n) is 2.64. The zero-order valence-corrected chi connectivity index (χ0v) is 16.0. The molecular weight excluding hydrogens is 352 g/mol. The predicted octanol–water partition coefficient (Wildman–Crippen LogP) is 5.44. The molecule has 2 aromatic heterocycles. The highest BCUT2D eigenvalue weighted by Crippen LogP contribution is 2.39. The summed E-state index contributed by atoms with van der Waals surface area (Å²) in [5.41, 5.74) is 3.47. The second-order valence-electron chi connectivity index (χ2n) is 6.14. The van der Waals surface area contributed by atoms with E-state index in [0.717, 1.165) is 26.4 Å². The molecule has 6 heteroatoms. The lowest BCUT2D eigenvalue weighted by Crippen LogP contribution is -2.15. The Kier molecular flexibility index (Phi) is 5.39. The molecule has 0 saturated heterocycles. The Morgan fingerprint density at radius 3 is 2.56 bits per heavy atom. The van der Waals surface area contributed by atoms with Crippen LogP contribution in [-0.2, 0) is 4.79 Å². The lowest BCUT2D eigenvalue weighted by molar-refractivity contribution is -0.136. The van der Waals surface area contributed by atoms with E-state index in [9.17, 15) is 9.90 Å². The standard InChI is InChI=1S/C19H20N2O2S2/c1-4-15(19(22)23)25-18-16-14(9-24-17(16)20-10-21-18)13-7-5-12(6-8-13)11(2)3/h5-11,15H,4H2,1-3H3,(H,22,23). The van der Waals surface area contributed by atoms with Crippen molar-refractivity contribution in [3.8, 4) is 11.1 Å². The summed E-state index contributed by atoms with van der Waals surface area (Å²) in [6, 6.07) is 8.53. The lowest BCUT2D eigenvalue weighted by atomic mass is 9.99. The summed E-state index contributed by atoms with van der Waals surface area (Å²) in [6.45, 7) is 6.23. The van der Waals surface area contributed by atoms with E-state index >= 15 is 0 Å². The van der Waals surface area contributed by atoms with E-state index in [1.807, 2.05) is 6.92 Å².